The minimum atomic E-state index is -0.959. The summed E-state index contributed by atoms with van der Waals surface area (Å²) < 4.78 is 9.40. The number of ketones is 2. The maximum Gasteiger partial charge on any atom is 0.374 e. The molecule has 1 aliphatic rings. The molecule has 0 bridgehead atoms. The SMILES string of the molecule is COC(=O)C(=O)CC(c1ccccc1)C(/C=C1\CCCC1=O)C(=O)OC. The summed E-state index contributed by atoms with van der Waals surface area (Å²) in [5.74, 6) is -3.71. The second-order valence-electron chi connectivity index (χ2n) is 6.15. The van der Waals surface area contributed by atoms with E-state index in [1.807, 2.05) is 6.07 Å². The third-order valence-corrected chi connectivity index (χ3v) is 4.54. The molecular weight excluding hydrogens is 336 g/mol. The molecule has 0 N–H and O–H groups in total. The lowest BCUT2D eigenvalue weighted by atomic mass is 9.81. The van der Waals surface area contributed by atoms with Crippen molar-refractivity contribution in [1.29, 1.82) is 0 Å². The second kappa shape index (κ2) is 9.08. The summed E-state index contributed by atoms with van der Waals surface area (Å²) in [6.45, 7) is 0. The fourth-order valence-corrected chi connectivity index (χ4v) is 3.17. The number of hydrogen-bond acceptors (Lipinski definition) is 6. The van der Waals surface area contributed by atoms with Crippen LogP contribution in [-0.2, 0) is 28.7 Å². The molecule has 1 fully saturated rings. The van der Waals surface area contributed by atoms with Crippen LogP contribution in [0, 0.1) is 5.92 Å². The summed E-state index contributed by atoms with van der Waals surface area (Å²) in [6, 6.07) is 8.94. The Morgan fingerprint density at radius 2 is 1.77 bits per heavy atom. The lowest BCUT2D eigenvalue weighted by molar-refractivity contribution is -0.152. The van der Waals surface area contributed by atoms with E-state index in [-0.39, 0.29) is 12.2 Å². The average molecular weight is 358 g/mol. The molecule has 1 aromatic rings. The summed E-state index contributed by atoms with van der Waals surface area (Å²) in [5, 5.41) is 0. The zero-order chi connectivity index (χ0) is 19.1. The van der Waals surface area contributed by atoms with Gasteiger partial charge in [-0.15, -0.1) is 0 Å². The Balaban J connectivity index is 2.43. The molecule has 6 heteroatoms. The Hall–Kier alpha value is -2.76. The van der Waals surface area contributed by atoms with Gasteiger partial charge < -0.3 is 9.47 Å². The van der Waals surface area contributed by atoms with E-state index in [0.717, 1.165) is 13.5 Å². The molecular formula is C20H22O6. The lowest BCUT2D eigenvalue weighted by Crippen LogP contribution is -2.27. The molecule has 138 valence electrons. The van der Waals surface area contributed by atoms with Crippen LogP contribution in [0.1, 0.15) is 37.2 Å². The van der Waals surface area contributed by atoms with Crippen LogP contribution in [0.2, 0.25) is 0 Å². The van der Waals surface area contributed by atoms with E-state index < -0.39 is 29.6 Å². The first-order valence-electron chi connectivity index (χ1n) is 8.45. The Morgan fingerprint density at radius 1 is 1.08 bits per heavy atom. The number of benzene rings is 1. The van der Waals surface area contributed by atoms with Gasteiger partial charge in [0.05, 0.1) is 20.1 Å². The van der Waals surface area contributed by atoms with Crippen LogP contribution < -0.4 is 0 Å². The Kier molecular flexibility index (Phi) is 6.83. The maximum absolute atomic E-state index is 12.4. The van der Waals surface area contributed by atoms with Crippen molar-refractivity contribution >= 4 is 23.5 Å². The molecule has 1 saturated carbocycles. The first-order valence-corrected chi connectivity index (χ1v) is 8.45. The smallest absolute Gasteiger partial charge is 0.374 e. The second-order valence-corrected chi connectivity index (χ2v) is 6.15. The Bertz CT molecular complexity index is 719. The van der Waals surface area contributed by atoms with Crippen molar-refractivity contribution in [2.45, 2.75) is 31.6 Å². The molecule has 1 aromatic carbocycles. The van der Waals surface area contributed by atoms with Crippen LogP contribution in [0.4, 0.5) is 0 Å². The van der Waals surface area contributed by atoms with Crippen LogP contribution in [0.25, 0.3) is 0 Å². The predicted octanol–water partition coefficient (Wildman–Crippen LogP) is 2.37. The summed E-state index contributed by atoms with van der Waals surface area (Å²) in [5.41, 5.74) is 1.29. The van der Waals surface area contributed by atoms with Gasteiger partial charge in [-0.05, 0) is 24.0 Å². The molecule has 26 heavy (non-hydrogen) atoms. The minimum Gasteiger partial charge on any atom is -0.469 e. The van der Waals surface area contributed by atoms with E-state index in [2.05, 4.69) is 4.74 Å². The molecule has 1 aliphatic carbocycles. The van der Waals surface area contributed by atoms with Gasteiger partial charge in [0.2, 0.25) is 5.78 Å². The van der Waals surface area contributed by atoms with Crippen molar-refractivity contribution in [2.24, 2.45) is 5.92 Å². The Morgan fingerprint density at radius 3 is 2.31 bits per heavy atom. The van der Waals surface area contributed by atoms with E-state index in [4.69, 9.17) is 4.74 Å². The fourth-order valence-electron chi connectivity index (χ4n) is 3.17. The molecule has 2 rings (SSSR count). The van der Waals surface area contributed by atoms with Crippen LogP contribution in [0.3, 0.4) is 0 Å². The minimum absolute atomic E-state index is 0.00464. The number of ether oxygens (including phenoxy) is 2. The largest absolute Gasteiger partial charge is 0.469 e. The number of rotatable bonds is 7. The van der Waals surface area contributed by atoms with Gasteiger partial charge in [0.25, 0.3) is 0 Å². The number of allylic oxidation sites excluding steroid dienone is 1. The number of methoxy groups -OCH3 is 2. The van der Waals surface area contributed by atoms with Gasteiger partial charge in [0.1, 0.15) is 0 Å². The van der Waals surface area contributed by atoms with Gasteiger partial charge in [0.15, 0.2) is 5.78 Å². The molecule has 0 radical (unpaired) electrons. The van der Waals surface area contributed by atoms with Gasteiger partial charge in [-0.25, -0.2) is 4.79 Å². The van der Waals surface area contributed by atoms with Crippen LogP contribution in [-0.4, -0.2) is 37.7 Å². The van der Waals surface area contributed by atoms with Crippen molar-refractivity contribution < 1.29 is 28.7 Å². The molecule has 0 aliphatic heterocycles. The highest BCUT2D eigenvalue weighted by Gasteiger charge is 2.34. The van der Waals surface area contributed by atoms with E-state index in [9.17, 15) is 19.2 Å². The predicted molar refractivity (Wildman–Crippen MR) is 93.3 cm³/mol. The Labute approximate surface area is 152 Å². The van der Waals surface area contributed by atoms with Crippen molar-refractivity contribution in [3.05, 3.63) is 47.5 Å². The zero-order valence-corrected chi connectivity index (χ0v) is 14.9. The first kappa shape index (κ1) is 19.6. The quantitative estimate of drug-likeness (QED) is 0.422. The molecule has 2 atom stereocenters. The van der Waals surface area contributed by atoms with Gasteiger partial charge in [-0.3, -0.25) is 14.4 Å². The molecule has 0 aromatic heterocycles. The summed E-state index contributed by atoms with van der Waals surface area (Å²) in [6.07, 6.45) is 3.18. The fraction of sp³-hybridized carbons (Fsp3) is 0.400. The zero-order valence-electron chi connectivity index (χ0n) is 14.9. The number of esters is 2. The van der Waals surface area contributed by atoms with Crippen LogP contribution in [0.5, 0.6) is 0 Å². The van der Waals surface area contributed by atoms with E-state index in [1.54, 1.807) is 30.3 Å². The number of carbonyl (C=O) groups excluding carboxylic acids is 4. The lowest BCUT2D eigenvalue weighted by Gasteiger charge is -2.23. The summed E-state index contributed by atoms with van der Waals surface area (Å²) in [4.78, 5) is 48.2. The summed E-state index contributed by atoms with van der Waals surface area (Å²) >= 11 is 0. The highest BCUT2D eigenvalue weighted by Crippen LogP contribution is 2.33. The van der Waals surface area contributed by atoms with Gasteiger partial charge in [-0.1, -0.05) is 36.4 Å². The normalized spacial score (nSPS) is 17.6. The van der Waals surface area contributed by atoms with E-state index in [1.165, 1.54) is 7.11 Å². The van der Waals surface area contributed by atoms with Crippen LogP contribution in [0.15, 0.2) is 42.0 Å². The first-order chi connectivity index (χ1) is 12.5. The summed E-state index contributed by atoms with van der Waals surface area (Å²) in [7, 11) is 2.39. The van der Waals surface area contributed by atoms with Crippen molar-refractivity contribution in [3.63, 3.8) is 0 Å². The molecule has 6 nitrogen and oxygen atoms in total. The topological polar surface area (TPSA) is 86.7 Å². The van der Waals surface area contributed by atoms with Gasteiger partial charge >= 0.3 is 11.9 Å². The highest BCUT2D eigenvalue weighted by molar-refractivity contribution is 6.33. The third kappa shape index (κ3) is 4.65. The third-order valence-electron chi connectivity index (χ3n) is 4.54. The highest BCUT2D eigenvalue weighted by atomic mass is 16.5. The number of carbonyl (C=O) groups is 4. The van der Waals surface area contributed by atoms with Gasteiger partial charge in [0, 0.05) is 18.8 Å². The van der Waals surface area contributed by atoms with Crippen molar-refractivity contribution in [2.75, 3.05) is 14.2 Å². The maximum atomic E-state index is 12.4. The number of Topliss-reactive ketones (excluding diaryl/α,β-unsaturated/α-hetero) is 2. The standard InChI is InChI=1S/C20H22O6/c1-25-19(23)16(11-14-9-6-10-17(14)21)15(12-18(22)20(24)26-2)13-7-4-3-5-8-13/h3-5,7-8,11,15-16H,6,9-10,12H2,1-2H3/b14-11+. The molecule has 2 unspecified atom stereocenters. The monoisotopic (exact) mass is 358 g/mol. The molecule has 0 spiro atoms. The van der Waals surface area contributed by atoms with Crippen LogP contribution >= 0.6 is 0 Å². The molecule has 0 amide bonds. The van der Waals surface area contributed by atoms with Crippen molar-refractivity contribution in [3.8, 4) is 0 Å². The number of hydrogen-bond donors (Lipinski definition) is 0. The van der Waals surface area contributed by atoms with E-state index >= 15 is 0 Å². The molecule has 0 saturated heterocycles. The van der Waals surface area contributed by atoms with E-state index in [0.29, 0.717) is 24.0 Å². The molecule has 0 heterocycles. The average Bonchev–Trinajstić information content (AvgIpc) is 3.08. The van der Waals surface area contributed by atoms with Crippen molar-refractivity contribution in [1.82, 2.24) is 0 Å². The van der Waals surface area contributed by atoms with Gasteiger partial charge in [-0.2, -0.15) is 0 Å².